The lowest BCUT2D eigenvalue weighted by Gasteiger charge is -2.20. The van der Waals surface area contributed by atoms with Crippen molar-refractivity contribution in [3.63, 3.8) is 0 Å². The summed E-state index contributed by atoms with van der Waals surface area (Å²) < 4.78 is 10.1. The van der Waals surface area contributed by atoms with Gasteiger partial charge in [-0.1, -0.05) is 48.5 Å². The minimum Gasteiger partial charge on any atom is -0.480 e. The van der Waals surface area contributed by atoms with Crippen LogP contribution in [-0.4, -0.2) is 57.5 Å². The summed E-state index contributed by atoms with van der Waals surface area (Å²) in [4.78, 5) is 37.9. The topological polar surface area (TPSA) is 135 Å². The van der Waals surface area contributed by atoms with Crippen LogP contribution in [0.1, 0.15) is 40.4 Å². The van der Waals surface area contributed by atoms with Gasteiger partial charge in [-0.2, -0.15) is 0 Å². The lowest BCUT2D eigenvalue weighted by molar-refractivity contribution is -0.141. The van der Waals surface area contributed by atoms with E-state index in [1.54, 1.807) is 0 Å². The van der Waals surface area contributed by atoms with E-state index in [0.717, 1.165) is 22.3 Å². The first kappa shape index (κ1) is 20.7. The molecule has 5 rings (SSSR count). The second-order valence-electron chi connectivity index (χ2n) is 7.91. The lowest BCUT2D eigenvalue weighted by Crippen LogP contribution is -2.40. The Morgan fingerprint density at radius 2 is 1.73 bits per heavy atom. The van der Waals surface area contributed by atoms with E-state index in [2.05, 4.69) is 20.3 Å². The molecule has 2 aliphatic rings. The van der Waals surface area contributed by atoms with Gasteiger partial charge in [-0.3, -0.25) is 10.1 Å². The number of carboxylic acid groups (broad SMARTS) is 1. The maximum Gasteiger partial charge on any atom is 0.412 e. The molecule has 0 radical (unpaired) electrons. The minimum absolute atomic E-state index is 0.0850. The molecule has 1 aliphatic heterocycles. The van der Waals surface area contributed by atoms with Gasteiger partial charge in [0.15, 0.2) is 0 Å². The third kappa shape index (κ3) is 3.69. The number of hydrogen-bond donors (Lipinski definition) is 2. The van der Waals surface area contributed by atoms with Gasteiger partial charge in [0, 0.05) is 12.5 Å². The van der Waals surface area contributed by atoms with E-state index < -0.39 is 24.0 Å². The molecule has 0 bridgehead atoms. The Kier molecular flexibility index (Phi) is 5.25. The summed E-state index contributed by atoms with van der Waals surface area (Å²) in [5.41, 5.74) is 4.08. The van der Waals surface area contributed by atoms with Crippen molar-refractivity contribution in [2.75, 3.05) is 18.5 Å². The Morgan fingerprint density at radius 1 is 1.06 bits per heavy atom. The lowest BCUT2D eigenvalue weighted by atomic mass is 9.98. The van der Waals surface area contributed by atoms with Gasteiger partial charge in [-0.15, -0.1) is 0 Å². The molecule has 1 aromatic heterocycles. The van der Waals surface area contributed by atoms with Gasteiger partial charge in [0.25, 0.3) is 5.91 Å². The van der Waals surface area contributed by atoms with Crippen LogP contribution < -0.4 is 5.32 Å². The zero-order valence-corrected chi connectivity index (χ0v) is 17.4. The zero-order valence-electron chi connectivity index (χ0n) is 17.4. The number of carbonyl (C=O) groups excluding carboxylic acids is 2. The van der Waals surface area contributed by atoms with Crippen molar-refractivity contribution >= 4 is 23.8 Å². The first-order chi connectivity index (χ1) is 16.0. The van der Waals surface area contributed by atoms with Crippen molar-refractivity contribution in [1.29, 1.82) is 0 Å². The fraction of sp³-hybridized carbons (Fsp3) is 0.261. The number of ether oxygens (including phenoxy) is 1. The summed E-state index contributed by atoms with van der Waals surface area (Å²) in [6.07, 6.45) is 0.0859. The summed E-state index contributed by atoms with van der Waals surface area (Å²) >= 11 is 0. The Balaban J connectivity index is 1.28. The Morgan fingerprint density at radius 3 is 2.39 bits per heavy atom. The average Bonchev–Trinajstić information content (AvgIpc) is 3.55. The van der Waals surface area contributed by atoms with Crippen LogP contribution in [0.25, 0.3) is 11.1 Å². The van der Waals surface area contributed by atoms with Crippen molar-refractivity contribution in [3.05, 3.63) is 65.4 Å². The standard InChI is InChI=1S/C23H20N4O6/c28-21(27-11-5-10-18(27)22(29)30)19-20(26-33-25-19)24-23(31)32-12-17-15-8-3-1-6-13(15)14-7-2-4-9-16(14)17/h1-4,6-9,17-18H,5,10-12H2,(H,29,30)(H,24,26,31)/t18-/m0/s1. The van der Waals surface area contributed by atoms with Crippen molar-refractivity contribution in [2.24, 2.45) is 0 Å². The van der Waals surface area contributed by atoms with Crippen molar-refractivity contribution in [2.45, 2.75) is 24.8 Å². The molecular formula is C23H20N4O6. The molecule has 33 heavy (non-hydrogen) atoms. The van der Waals surface area contributed by atoms with E-state index in [1.165, 1.54) is 4.90 Å². The Labute approximate surface area is 188 Å². The Bertz CT molecular complexity index is 1190. The Hall–Kier alpha value is -4.21. The van der Waals surface area contributed by atoms with Gasteiger partial charge in [0.05, 0.1) is 0 Å². The van der Waals surface area contributed by atoms with E-state index >= 15 is 0 Å². The summed E-state index contributed by atoms with van der Waals surface area (Å²) in [7, 11) is 0. The molecule has 0 spiro atoms. The summed E-state index contributed by atoms with van der Waals surface area (Å²) in [6.45, 7) is 0.356. The molecule has 3 aromatic rings. The smallest absolute Gasteiger partial charge is 0.412 e. The highest BCUT2D eigenvalue weighted by molar-refractivity contribution is 6.01. The number of anilines is 1. The monoisotopic (exact) mass is 448 g/mol. The first-order valence-electron chi connectivity index (χ1n) is 10.5. The fourth-order valence-electron chi connectivity index (χ4n) is 4.54. The summed E-state index contributed by atoms with van der Waals surface area (Å²) in [6, 6.07) is 15.0. The van der Waals surface area contributed by atoms with Gasteiger partial charge < -0.3 is 14.7 Å². The van der Waals surface area contributed by atoms with E-state index in [1.807, 2.05) is 48.5 Å². The van der Waals surface area contributed by atoms with Crippen molar-refractivity contribution in [1.82, 2.24) is 15.2 Å². The number of aliphatic carboxylic acids is 1. The van der Waals surface area contributed by atoms with Gasteiger partial charge >= 0.3 is 12.1 Å². The fourth-order valence-corrected chi connectivity index (χ4v) is 4.54. The van der Waals surface area contributed by atoms with Crippen LogP contribution in [-0.2, 0) is 9.53 Å². The summed E-state index contributed by atoms with van der Waals surface area (Å²) in [5.74, 6) is -2.10. The molecule has 10 nitrogen and oxygen atoms in total. The van der Waals surface area contributed by atoms with Crippen LogP contribution in [0, 0.1) is 0 Å². The number of fused-ring (bicyclic) bond motifs is 3. The van der Waals surface area contributed by atoms with Crippen LogP contribution in [0.2, 0.25) is 0 Å². The number of aromatic nitrogens is 2. The van der Waals surface area contributed by atoms with E-state index in [4.69, 9.17) is 4.74 Å². The maximum absolute atomic E-state index is 12.8. The first-order valence-corrected chi connectivity index (χ1v) is 10.5. The van der Waals surface area contributed by atoms with Gasteiger partial charge in [-0.25, -0.2) is 14.2 Å². The van der Waals surface area contributed by atoms with E-state index in [0.29, 0.717) is 12.8 Å². The third-order valence-corrected chi connectivity index (χ3v) is 6.05. The SMILES string of the molecule is O=C(Nc1nonc1C(=O)N1CCC[C@H]1C(=O)O)OCC1c2ccccc2-c2ccccc21. The molecule has 2 aromatic carbocycles. The predicted molar refractivity (Wildman–Crippen MR) is 115 cm³/mol. The maximum atomic E-state index is 12.8. The molecule has 2 amide bonds. The number of nitrogens with zero attached hydrogens (tertiary/aromatic N) is 3. The second-order valence-corrected chi connectivity index (χ2v) is 7.91. The molecule has 1 saturated heterocycles. The van der Waals surface area contributed by atoms with Crippen LogP contribution in [0.4, 0.5) is 10.6 Å². The number of amides is 2. The molecule has 1 atom stereocenters. The van der Waals surface area contributed by atoms with Gasteiger partial charge in [0.2, 0.25) is 11.5 Å². The number of carboxylic acids is 1. The highest BCUT2D eigenvalue weighted by atomic mass is 16.6. The molecule has 0 unspecified atom stereocenters. The highest BCUT2D eigenvalue weighted by Gasteiger charge is 2.37. The predicted octanol–water partition coefficient (Wildman–Crippen LogP) is 3.12. The molecule has 10 heteroatoms. The van der Waals surface area contributed by atoms with Crippen LogP contribution >= 0.6 is 0 Å². The molecule has 168 valence electrons. The van der Waals surface area contributed by atoms with Crippen LogP contribution in [0.3, 0.4) is 0 Å². The van der Waals surface area contributed by atoms with Crippen molar-refractivity contribution < 1.29 is 28.9 Å². The number of carbonyl (C=O) groups is 3. The number of benzene rings is 2. The number of hydrogen-bond acceptors (Lipinski definition) is 7. The molecular weight excluding hydrogens is 428 g/mol. The van der Waals surface area contributed by atoms with E-state index in [-0.39, 0.29) is 30.6 Å². The number of nitrogens with one attached hydrogen (secondary N) is 1. The second kappa shape index (κ2) is 8.38. The largest absolute Gasteiger partial charge is 0.480 e. The van der Waals surface area contributed by atoms with Crippen LogP contribution in [0.5, 0.6) is 0 Å². The zero-order chi connectivity index (χ0) is 22.9. The van der Waals surface area contributed by atoms with Crippen molar-refractivity contribution in [3.8, 4) is 11.1 Å². The third-order valence-electron chi connectivity index (χ3n) is 6.05. The molecule has 1 aliphatic carbocycles. The molecule has 0 saturated carbocycles. The minimum atomic E-state index is -1.09. The molecule has 2 N–H and O–H groups in total. The quantitative estimate of drug-likeness (QED) is 0.608. The number of rotatable bonds is 5. The van der Waals surface area contributed by atoms with Crippen LogP contribution in [0.15, 0.2) is 53.2 Å². The molecule has 1 fully saturated rings. The summed E-state index contributed by atoms with van der Waals surface area (Å²) in [5, 5.41) is 18.8. The number of likely N-dealkylation sites (tertiary alicyclic amines) is 1. The van der Waals surface area contributed by atoms with Gasteiger partial charge in [0.1, 0.15) is 12.6 Å². The highest BCUT2D eigenvalue weighted by Crippen LogP contribution is 2.44. The molecule has 2 heterocycles. The van der Waals surface area contributed by atoms with E-state index in [9.17, 15) is 19.5 Å². The average molecular weight is 448 g/mol. The van der Waals surface area contributed by atoms with Gasteiger partial charge in [-0.05, 0) is 45.4 Å². The normalized spacial score (nSPS) is 16.8.